The van der Waals surface area contributed by atoms with Gasteiger partial charge in [0.05, 0.1) is 0 Å². The standard InChI is InChI=1S/C12H20O4/c1-4-5-6-9(11(13)14)10(12(15)16)7-8(2)3/h8H,4-7H2,1-3H3,(H,13,14)(H,15,16). The van der Waals surface area contributed by atoms with Gasteiger partial charge in [0.2, 0.25) is 0 Å². The predicted octanol–water partition coefficient (Wildman–Crippen LogP) is 2.69. The molecule has 0 aromatic heterocycles. The van der Waals surface area contributed by atoms with Crippen molar-refractivity contribution in [2.45, 2.75) is 46.5 Å². The van der Waals surface area contributed by atoms with Gasteiger partial charge < -0.3 is 10.2 Å². The molecule has 4 heteroatoms. The quantitative estimate of drug-likeness (QED) is 0.657. The van der Waals surface area contributed by atoms with Gasteiger partial charge in [-0.2, -0.15) is 0 Å². The Labute approximate surface area is 96.0 Å². The summed E-state index contributed by atoms with van der Waals surface area (Å²) in [5, 5.41) is 18.0. The molecule has 0 saturated heterocycles. The van der Waals surface area contributed by atoms with Crippen molar-refractivity contribution in [3.8, 4) is 0 Å². The van der Waals surface area contributed by atoms with Crippen LogP contribution in [0.4, 0.5) is 0 Å². The summed E-state index contributed by atoms with van der Waals surface area (Å²) in [5.41, 5.74) is 0.110. The monoisotopic (exact) mass is 228 g/mol. The van der Waals surface area contributed by atoms with Gasteiger partial charge in [0, 0.05) is 11.1 Å². The molecule has 0 unspecified atom stereocenters. The summed E-state index contributed by atoms with van der Waals surface area (Å²) in [6.07, 6.45) is 2.20. The SMILES string of the molecule is CCCCC(C(=O)O)=C(CC(C)C)C(=O)O. The van der Waals surface area contributed by atoms with Crippen LogP contribution in [0.1, 0.15) is 46.5 Å². The van der Waals surface area contributed by atoms with Crippen molar-refractivity contribution in [1.82, 2.24) is 0 Å². The second-order valence-corrected chi connectivity index (χ2v) is 4.27. The molecule has 0 amide bonds. The third kappa shape index (κ3) is 4.96. The second kappa shape index (κ2) is 7.04. The highest BCUT2D eigenvalue weighted by molar-refractivity contribution is 5.98. The summed E-state index contributed by atoms with van der Waals surface area (Å²) >= 11 is 0. The van der Waals surface area contributed by atoms with E-state index in [-0.39, 0.29) is 17.1 Å². The van der Waals surface area contributed by atoms with Crippen LogP contribution in [-0.4, -0.2) is 22.2 Å². The van der Waals surface area contributed by atoms with Crippen LogP contribution in [0.15, 0.2) is 11.1 Å². The van der Waals surface area contributed by atoms with E-state index < -0.39 is 11.9 Å². The molecule has 2 N–H and O–H groups in total. The van der Waals surface area contributed by atoms with Crippen LogP contribution in [0, 0.1) is 5.92 Å². The smallest absolute Gasteiger partial charge is 0.332 e. The molecule has 0 aliphatic rings. The fourth-order valence-corrected chi connectivity index (χ4v) is 1.49. The fraction of sp³-hybridized carbons (Fsp3) is 0.667. The van der Waals surface area contributed by atoms with Crippen molar-refractivity contribution >= 4 is 11.9 Å². The van der Waals surface area contributed by atoms with Gasteiger partial charge in [-0.15, -0.1) is 0 Å². The van der Waals surface area contributed by atoms with E-state index in [0.717, 1.165) is 6.42 Å². The van der Waals surface area contributed by atoms with E-state index in [4.69, 9.17) is 10.2 Å². The summed E-state index contributed by atoms with van der Waals surface area (Å²) in [4.78, 5) is 22.0. The van der Waals surface area contributed by atoms with Crippen molar-refractivity contribution in [3.05, 3.63) is 11.1 Å². The van der Waals surface area contributed by atoms with Crippen molar-refractivity contribution in [2.75, 3.05) is 0 Å². The van der Waals surface area contributed by atoms with Gasteiger partial charge in [-0.25, -0.2) is 9.59 Å². The maximum absolute atomic E-state index is 11.0. The summed E-state index contributed by atoms with van der Waals surface area (Å²) < 4.78 is 0. The third-order valence-corrected chi connectivity index (χ3v) is 2.27. The first-order valence-corrected chi connectivity index (χ1v) is 5.58. The van der Waals surface area contributed by atoms with Crippen LogP contribution in [0.3, 0.4) is 0 Å². The highest BCUT2D eigenvalue weighted by atomic mass is 16.4. The number of hydrogen-bond donors (Lipinski definition) is 2. The van der Waals surface area contributed by atoms with Crippen LogP contribution in [0.5, 0.6) is 0 Å². The highest BCUT2D eigenvalue weighted by Gasteiger charge is 2.20. The summed E-state index contributed by atoms with van der Waals surface area (Å²) in [5.74, 6) is -2.07. The number of unbranched alkanes of at least 4 members (excludes halogenated alkanes) is 1. The highest BCUT2D eigenvalue weighted by Crippen LogP contribution is 2.20. The number of carbonyl (C=O) groups is 2. The van der Waals surface area contributed by atoms with Crippen LogP contribution in [0.25, 0.3) is 0 Å². The first-order valence-electron chi connectivity index (χ1n) is 5.58. The Morgan fingerprint density at radius 2 is 1.56 bits per heavy atom. The van der Waals surface area contributed by atoms with Crippen LogP contribution < -0.4 is 0 Å². The molecule has 0 fully saturated rings. The number of rotatable bonds is 7. The molecule has 92 valence electrons. The molecule has 0 aromatic rings. The van der Waals surface area contributed by atoms with Crippen molar-refractivity contribution in [3.63, 3.8) is 0 Å². The molecular weight excluding hydrogens is 208 g/mol. The number of aliphatic carboxylic acids is 2. The Kier molecular flexibility index (Phi) is 6.46. The zero-order valence-electron chi connectivity index (χ0n) is 10.1. The number of hydrogen-bond acceptors (Lipinski definition) is 2. The molecule has 0 aliphatic carbocycles. The lowest BCUT2D eigenvalue weighted by atomic mass is 9.95. The topological polar surface area (TPSA) is 74.6 Å². The van der Waals surface area contributed by atoms with Gasteiger partial charge in [-0.3, -0.25) is 0 Å². The molecule has 4 nitrogen and oxygen atoms in total. The molecule has 0 rings (SSSR count). The van der Waals surface area contributed by atoms with E-state index in [1.54, 1.807) is 0 Å². The molecule has 0 aliphatic heterocycles. The maximum Gasteiger partial charge on any atom is 0.332 e. The molecule has 0 radical (unpaired) electrons. The average molecular weight is 228 g/mol. The number of carboxylic acid groups (broad SMARTS) is 2. The third-order valence-electron chi connectivity index (χ3n) is 2.27. The lowest BCUT2D eigenvalue weighted by Crippen LogP contribution is -2.13. The first-order chi connectivity index (χ1) is 7.40. The Morgan fingerprint density at radius 1 is 1.06 bits per heavy atom. The second-order valence-electron chi connectivity index (χ2n) is 4.27. The van der Waals surface area contributed by atoms with Crippen molar-refractivity contribution in [2.24, 2.45) is 5.92 Å². The molecule has 0 heterocycles. The molecule has 0 saturated carbocycles. The predicted molar refractivity (Wildman–Crippen MR) is 61.3 cm³/mol. The van der Waals surface area contributed by atoms with Crippen LogP contribution in [0.2, 0.25) is 0 Å². The molecule has 0 bridgehead atoms. The minimum atomic E-state index is -1.11. The summed E-state index contributed by atoms with van der Waals surface area (Å²) in [6.45, 7) is 5.70. The molecule has 16 heavy (non-hydrogen) atoms. The van der Waals surface area contributed by atoms with Crippen LogP contribution >= 0.6 is 0 Å². The lowest BCUT2D eigenvalue weighted by Gasteiger charge is -2.10. The average Bonchev–Trinajstić information content (AvgIpc) is 2.15. The van der Waals surface area contributed by atoms with E-state index in [1.807, 2.05) is 20.8 Å². The Hall–Kier alpha value is -1.32. The van der Waals surface area contributed by atoms with E-state index >= 15 is 0 Å². The first kappa shape index (κ1) is 14.7. The van der Waals surface area contributed by atoms with E-state index in [2.05, 4.69) is 0 Å². The normalized spacial score (nSPS) is 12.5. The Morgan fingerprint density at radius 3 is 1.88 bits per heavy atom. The van der Waals surface area contributed by atoms with E-state index in [0.29, 0.717) is 19.3 Å². The summed E-state index contributed by atoms with van der Waals surface area (Å²) in [7, 11) is 0. The fourth-order valence-electron chi connectivity index (χ4n) is 1.49. The van der Waals surface area contributed by atoms with Gasteiger partial charge >= 0.3 is 11.9 Å². The molecule has 0 atom stereocenters. The van der Waals surface area contributed by atoms with Crippen molar-refractivity contribution in [1.29, 1.82) is 0 Å². The summed E-state index contributed by atoms with van der Waals surface area (Å²) in [6, 6.07) is 0. The van der Waals surface area contributed by atoms with E-state index in [1.165, 1.54) is 0 Å². The van der Waals surface area contributed by atoms with Gasteiger partial charge in [0.25, 0.3) is 0 Å². The van der Waals surface area contributed by atoms with Gasteiger partial charge in [-0.05, 0) is 25.2 Å². The van der Waals surface area contributed by atoms with Crippen LogP contribution in [-0.2, 0) is 9.59 Å². The zero-order valence-corrected chi connectivity index (χ0v) is 10.1. The molecule has 0 aromatic carbocycles. The lowest BCUT2D eigenvalue weighted by molar-refractivity contribution is -0.136. The molecular formula is C12H20O4. The van der Waals surface area contributed by atoms with E-state index in [9.17, 15) is 9.59 Å². The largest absolute Gasteiger partial charge is 0.478 e. The van der Waals surface area contributed by atoms with Gasteiger partial charge in [0.1, 0.15) is 0 Å². The van der Waals surface area contributed by atoms with Crippen molar-refractivity contribution < 1.29 is 19.8 Å². The van der Waals surface area contributed by atoms with Gasteiger partial charge in [-0.1, -0.05) is 27.2 Å². The van der Waals surface area contributed by atoms with Gasteiger partial charge in [0.15, 0.2) is 0 Å². The Bertz CT molecular complexity index is 289. The maximum atomic E-state index is 11.0. The minimum absolute atomic E-state index is 0.0518. The zero-order chi connectivity index (χ0) is 12.7. The molecule has 0 spiro atoms. The Balaban J connectivity index is 5.09. The number of carboxylic acids is 2. The minimum Gasteiger partial charge on any atom is -0.478 e.